The monoisotopic (exact) mass is 530 g/mol. The highest BCUT2D eigenvalue weighted by Gasteiger charge is 2.60. The predicted molar refractivity (Wildman–Crippen MR) is 86.0 cm³/mol. The zero-order valence-corrected chi connectivity index (χ0v) is 17.9. The number of phosphoric ester groups is 4. The molecule has 0 aromatic rings. The molecular formula is C7H18O19P4. The first-order chi connectivity index (χ1) is 13.3. The van der Waals surface area contributed by atoms with Crippen molar-refractivity contribution in [3.63, 3.8) is 0 Å². The van der Waals surface area contributed by atoms with Crippen LogP contribution in [0.4, 0.5) is 0 Å². The van der Waals surface area contributed by atoms with Gasteiger partial charge in [0, 0.05) is 7.11 Å². The van der Waals surface area contributed by atoms with E-state index in [9.17, 15) is 18.3 Å². The Hall–Kier alpha value is 0.320. The molecule has 0 radical (unpaired) electrons. The maximum atomic E-state index is 11.3. The van der Waals surface area contributed by atoms with Gasteiger partial charge in [0.1, 0.15) is 30.5 Å². The van der Waals surface area contributed by atoms with Gasteiger partial charge in [-0.1, -0.05) is 0 Å². The molecular weight excluding hydrogens is 512 g/mol. The fraction of sp³-hybridized carbons (Fsp3) is 1.00. The van der Waals surface area contributed by atoms with E-state index in [1.165, 1.54) is 0 Å². The fourth-order valence-electron chi connectivity index (χ4n) is 2.62. The molecule has 1 rings (SSSR count). The summed E-state index contributed by atoms with van der Waals surface area (Å²) < 4.78 is 66.9. The minimum atomic E-state index is -5.59. The van der Waals surface area contributed by atoms with E-state index < -0.39 is 67.9 Å². The van der Waals surface area contributed by atoms with Crippen LogP contribution in [0.15, 0.2) is 0 Å². The third-order valence-electron chi connectivity index (χ3n) is 3.37. The first-order valence-corrected chi connectivity index (χ1v) is 13.2. The Bertz CT molecular complexity index is 635. The largest absolute Gasteiger partial charge is 0.470 e. The van der Waals surface area contributed by atoms with E-state index in [1.54, 1.807) is 0 Å². The van der Waals surface area contributed by atoms with Crippen molar-refractivity contribution >= 4 is 31.3 Å². The van der Waals surface area contributed by atoms with E-state index in [1.807, 2.05) is 0 Å². The van der Waals surface area contributed by atoms with Crippen molar-refractivity contribution in [1.29, 1.82) is 0 Å². The number of hydrogen-bond donors (Lipinski definition) is 9. The number of rotatable bonds is 10. The molecule has 1 aliphatic carbocycles. The van der Waals surface area contributed by atoms with Crippen molar-refractivity contribution in [1.82, 2.24) is 0 Å². The van der Waals surface area contributed by atoms with Gasteiger partial charge in [-0.3, -0.25) is 23.4 Å². The molecule has 3 unspecified atom stereocenters. The Morgan fingerprint density at radius 3 is 0.900 bits per heavy atom. The minimum absolute atomic E-state index is 0.736. The molecule has 1 aliphatic rings. The molecule has 9 N–H and O–H groups in total. The molecule has 0 amide bonds. The highest BCUT2D eigenvalue weighted by Crippen LogP contribution is 2.52. The van der Waals surface area contributed by atoms with Crippen molar-refractivity contribution in [3.05, 3.63) is 0 Å². The van der Waals surface area contributed by atoms with Crippen molar-refractivity contribution in [2.45, 2.75) is 36.6 Å². The summed E-state index contributed by atoms with van der Waals surface area (Å²) in [7, 11) is -21.6. The summed E-state index contributed by atoms with van der Waals surface area (Å²) >= 11 is 0. The Morgan fingerprint density at radius 2 is 0.733 bits per heavy atom. The van der Waals surface area contributed by atoms with E-state index in [4.69, 9.17) is 49.1 Å². The van der Waals surface area contributed by atoms with Crippen LogP contribution in [0.2, 0.25) is 0 Å². The molecule has 180 valence electrons. The van der Waals surface area contributed by atoms with Crippen molar-refractivity contribution < 1.29 is 90.4 Å². The smallest absolute Gasteiger partial charge is 0.376 e. The van der Waals surface area contributed by atoms with Crippen LogP contribution in [-0.4, -0.2) is 88.1 Å². The predicted octanol–water partition coefficient (Wildman–Crippen LogP) is -2.22. The first kappa shape index (κ1) is 28.4. The Balaban J connectivity index is 3.66. The average Bonchev–Trinajstić information content (AvgIpc) is 2.46. The number of hydrogen-bond acceptors (Lipinski definition) is 11. The minimum Gasteiger partial charge on any atom is -0.376 e. The lowest BCUT2D eigenvalue weighted by molar-refractivity contribution is -0.342. The van der Waals surface area contributed by atoms with E-state index in [0.717, 1.165) is 7.11 Å². The van der Waals surface area contributed by atoms with Gasteiger partial charge in [0.15, 0.2) is 6.10 Å². The summed E-state index contributed by atoms with van der Waals surface area (Å²) in [5.74, 6) is 0. The van der Waals surface area contributed by atoms with Crippen LogP contribution < -0.4 is 0 Å². The number of ether oxygens (including phenoxy) is 1. The maximum Gasteiger partial charge on any atom is 0.470 e. The van der Waals surface area contributed by atoms with Crippen LogP contribution in [0.5, 0.6) is 0 Å². The van der Waals surface area contributed by atoms with Gasteiger partial charge in [-0.2, -0.15) is 0 Å². The van der Waals surface area contributed by atoms with Crippen LogP contribution in [0.25, 0.3) is 0 Å². The Kier molecular flexibility index (Phi) is 9.52. The van der Waals surface area contributed by atoms with E-state index >= 15 is 0 Å². The molecule has 0 spiro atoms. The summed E-state index contributed by atoms with van der Waals surface area (Å²) in [6, 6.07) is 0. The second-order valence-corrected chi connectivity index (χ2v) is 10.3. The van der Waals surface area contributed by atoms with Crippen LogP contribution in [0.3, 0.4) is 0 Å². The molecule has 30 heavy (non-hydrogen) atoms. The van der Waals surface area contributed by atoms with Gasteiger partial charge in [0.25, 0.3) is 0 Å². The summed E-state index contributed by atoms with van der Waals surface area (Å²) in [4.78, 5) is 76.2. The molecule has 0 aromatic carbocycles. The van der Waals surface area contributed by atoms with E-state index in [2.05, 4.69) is 23.0 Å². The fourth-order valence-corrected chi connectivity index (χ4v) is 4.85. The summed E-state index contributed by atoms with van der Waals surface area (Å²) in [5.41, 5.74) is 0. The molecule has 1 saturated carbocycles. The molecule has 0 aliphatic heterocycles. The standard InChI is InChI=1S/C7H18O19P4/c1-21-2-4(23-27(9,10)11)6(25-29(15,16)17)3(22-8)7(26-30(18,19)20)5(2)24-28(12,13)14/h2-8H,1H3,(H2,9,10,11)(H2,12,13,14)(H2,15,16,17)(H2,18,19,20)/t2?,3-,4-,5?,6?,7+/m1/s1. The molecule has 0 heterocycles. The van der Waals surface area contributed by atoms with Crippen molar-refractivity contribution in [2.24, 2.45) is 0 Å². The average molecular weight is 530 g/mol. The van der Waals surface area contributed by atoms with E-state index in [-0.39, 0.29) is 0 Å². The molecule has 0 bridgehead atoms. The van der Waals surface area contributed by atoms with E-state index in [0.29, 0.717) is 0 Å². The number of methoxy groups -OCH3 is 1. The molecule has 0 saturated heterocycles. The van der Waals surface area contributed by atoms with Gasteiger partial charge in [-0.15, -0.1) is 0 Å². The van der Waals surface area contributed by atoms with Gasteiger partial charge in [-0.25, -0.2) is 23.1 Å². The van der Waals surface area contributed by atoms with Crippen molar-refractivity contribution in [3.8, 4) is 0 Å². The molecule has 6 atom stereocenters. The third-order valence-corrected chi connectivity index (χ3v) is 5.45. The van der Waals surface area contributed by atoms with Crippen LogP contribution >= 0.6 is 31.3 Å². The van der Waals surface area contributed by atoms with Gasteiger partial charge in [0.05, 0.1) is 0 Å². The SMILES string of the molecule is COC1C(OP(=O)(O)O)[C@@H](OP(=O)(O)O)[C@H](OO)C(OP(=O)(O)O)[C@@H]1OP(=O)(O)O. The lowest BCUT2D eigenvalue weighted by Crippen LogP contribution is -2.66. The highest BCUT2D eigenvalue weighted by molar-refractivity contribution is 7.47. The van der Waals surface area contributed by atoms with Gasteiger partial charge in [0.2, 0.25) is 0 Å². The second kappa shape index (κ2) is 10.1. The lowest BCUT2D eigenvalue weighted by Gasteiger charge is -2.47. The van der Waals surface area contributed by atoms with Crippen LogP contribution in [-0.2, 0) is 46.0 Å². The summed E-state index contributed by atoms with van der Waals surface area (Å²) in [6.45, 7) is 0. The first-order valence-electron chi connectivity index (χ1n) is 7.07. The quantitative estimate of drug-likeness (QED) is 0.0821. The van der Waals surface area contributed by atoms with Gasteiger partial charge in [-0.05, 0) is 0 Å². The Labute approximate surface area is 166 Å². The zero-order chi connectivity index (χ0) is 23.7. The second-order valence-electron chi connectivity index (χ2n) is 5.51. The number of phosphoric acid groups is 4. The topological polar surface area (TPSA) is 306 Å². The van der Waals surface area contributed by atoms with Crippen LogP contribution in [0, 0.1) is 0 Å². The molecule has 23 heteroatoms. The van der Waals surface area contributed by atoms with Crippen LogP contribution in [0.1, 0.15) is 0 Å². The van der Waals surface area contributed by atoms with Gasteiger partial charge >= 0.3 is 31.3 Å². The third kappa shape index (κ3) is 9.05. The lowest BCUT2D eigenvalue weighted by atomic mass is 9.85. The molecule has 19 nitrogen and oxygen atoms in total. The van der Waals surface area contributed by atoms with Gasteiger partial charge < -0.3 is 43.9 Å². The highest BCUT2D eigenvalue weighted by atomic mass is 31.2. The summed E-state index contributed by atoms with van der Waals surface area (Å²) in [5, 5.41) is 9.11. The Morgan fingerprint density at radius 1 is 0.500 bits per heavy atom. The molecule has 0 aromatic heterocycles. The maximum absolute atomic E-state index is 11.3. The van der Waals surface area contributed by atoms with Crippen molar-refractivity contribution in [2.75, 3.05) is 7.11 Å². The zero-order valence-electron chi connectivity index (χ0n) is 14.4. The molecule has 1 fully saturated rings. The summed E-state index contributed by atoms with van der Waals surface area (Å²) in [6.07, 6.45) is -14.5. The normalized spacial score (nSPS) is 31.7.